The van der Waals surface area contributed by atoms with E-state index in [0.29, 0.717) is 107 Å². The summed E-state index contributed by atoms with van der Waals surface area (Å²) in [5, 5.41) is 106. The molecule has 0 radical (unpaired) electrons. The fraction of sp³-hybridized carbons (Fsp3) is 0.589. The molecule has 0 spiro atoms. The molecule has 5 fully saturated rings. The maximum absolute atomic E-state index is 10.6. The average molecular weight is 2000 g/mol. The zero-order valence-corrected chi connectivity index (χ0v) is 80.2. The molecule has 0 saturated carbocycles. The van der Waals surface area contributed by atoms with E-state index in [2.05, 4.69) is 173 Å². The van der Waals surface area contributed by atoms with Gasteiger partial charge in [0.1, 0.15) is 98.2 Å². The van der Waals surface area contributed by atoms with Gasteiger partial charge in [0, 0.05) is 22.6 Å². The molecule has 20 atom stereocenters. The lowest BCUT2D eigenvalue weighted by Crippen LogP contribution is -2.32. The predicted molar refractivity (Wildman–Crippen MR) is 508 cm³/mol. The Bertz CT molecular complexity index is 5600. The Morgan fingerprint density at radius 2 is 0.667 bits per heavy atom. The van der Waals surface area contributed by atoms with E-state index in [1.165, 1.54) is 59.7 Å². The predicted octanol–water partition coefficient (Wildman–Crippen LogP) is 4.39. The summed E-state index contributed by atoms with van der Waals surface area (Å²) in [6.45, 7) is 17.1. The van der Waals surface area contributed by atoms with E-state index in [1.54, 1.807) is 18.3 Å². The molecule has 0 amide bonds. The number of imidazole rings is 5. The van der Waals surface area contributed by atoms with Crippen molar-refractivity contribution in [2.24, 2.45) is 0 Å². The highest BCUT2D eigenvalue weighted by atomic mass is 127. The lowest BCUT2D eigenvalue weighted by atomic mass is 10.1. The van der Waals surface area contributed by atoms with Crippen molar-refractivity contribution in [1.82, 2.24) is 97.6 Å². The summed E-state index contributed by atoms with van der Waals surface area (Å²) in [5.41, 5.74) is 33.7. The minimum atomic E-state index is -1.25. The van der Waals surface area contributed by atoms with Crippen LogP contribution in [0.15, 0.2) is 41.9 Å². The topological polar surface area (TPSA) is 599 Å². The number of aromatic nitrogens is 20. The summed E-state index contributed by atoms with van der Waals surface area (Å²) in [4.78, 5) is 61.0. The highest BCUT2D eigenvalue weighted by molar-refractivity contribution is 14.1. The molecule has 10 aromatic rings. The minimum absolute atomic E-state index is 0.0686. The number of aliphatic hydroxyl groups is 10. The van der Waals surface area contributed by atoms with Crippen molar-refractivity contribution >= 4 is 221 Å². The second-order valence-electron chi connectivity index (χ2n) is 34.1. The SMILES string of the molecule is C=P(C)(C)CC[C@H]1O[C@@H](n2c(=S)[nH]c3c(N)ncnc32)[C@H](O)[C@@H]1O.C=P(C)(C)CC[C@H]1O[C@@H](n2c(Cl)nc3c(N)ncnc32)[C@H](O)[C@@H]1O.C=P(C)(C)CC[C@H]1O[C@@H](n2c(I)nc3c(N)ncnc32)[C@H](O)[C@@H]1O.C=P(C)(C)CC[C@H]1O[C@@H](n2c(SC)nc3c(N)ncnc32)[C@H](O)[C@@H]1O.C=P(C)(C)CC[C@H]1O[C@@H](n2c(SCC)nc3c(N)ncnc32)[C@H](O)[C@@H]1O. The number of fused-ring (bicyclic) bond motifs is 5. The van der Waals surface area contributed by atoms with Crippen LogP contribution >= 0.6 is 104 Å². The molecule has 10 aromatic heterocycles. The normalized spacial score (nSPS) is 27.5. The summed E-state index contributed by atoms with van der Waals surface area (Å²) >= 11 is 16.4. The molecule has 21 N–H and O–H groups in total. The Morgan fingerprint density at radius 3 is 1.00 bits per heavy atom. The highest BCUT2D eigenvalue weighted by Crippen LogP contribution is 2.48. The van der Waals surface area contributed by atoms with Crippen LogP contribution in [0.25, 0.3) is 55.8 Å². The number of hydrogen-bond donors (Lipinski definition) is 16. The van der Waals surface area contributed by atoms with Crippen LogP contribution in [-0.4, -0.2) is 381 Å². The van der Waals surface area contributed by atoms with Gasteiger partial charge >= 0.3 is 0 Å². The largest absolute Gasteiger partial charge is 0.388 e. The molecule has 0 aliphatic carbocycles. The van der Waals surface area contributed by atoms with Crippen LogP contribution < -0.4 is 28.7 Å². The molecule has 15 heterocycles. The molecule has 15 rings (SSSR count). The summed E-state index contributed by atoms with van der Waals surface area (Å²) in [6, 6.07) is 0. The van der Waals surface area contributed by atoms with E-state index in [4.69, 9.17) is 76.2 Å². The van der Waals surface area contributed by atoms with E-state index in [9.17, 15) is 51.1 Å². The van der Waals surface area contributed by atoms with Gasteiger partial charge in [0.15, 0.2) is 129 Å². The van der Waals surface area contributed by atoms with Gasteiger partial charge in [-0.25, -0.2) is 69.8 Å². The highest BCUT2D eigenvalue weighted by Gasteiger charge is 2.50. The lowest BCUT2D eigenvalue weighted by Gasteiger charge is -2.19. The number of nitrogen functional groups attached to an aromatic ring is 5. The Kier molecular flexibility index (Phi) is 31.9. The summed E-state index contributed by atoms with van der Waals surface area (Å²) in [5.74, 6) is 2.05. The first-order valence-electron chi connectivity index (χ1n) is 39.1. The van der Waals surface area contributed by atoms with Gasteiger partial charge in [-0.05, 0) is 165 Å². The van der Waals surface area contributed by atoms with E-state index < -0.39 is 157 Å². The third-order valence-corrected chi connectivity index (χ3v) is 31.1. The summed E-state index contributed by atoms with van der Waals surface area (Å²) in [7, 11) is 0. The second-order valence-corrected chi connectivity index (χ2v) is 59.4. The Balaban J connectivity index is 0.000000150. The van der Waals surface area contributed by atoms with Crippen molar-refractivity contribution in [3.8, 4) is 0 Å². The number of nitrogens with zero attached hydrogens (tertiary/aromatic N) is 19. The molecule has 678 valence electrons. The smallest absolute Gasteiger partial charge is 0.207 e. The first kappa shape index (κ1) is 98.2. The third kappa shape index (κ3) is 22.7. The van der Waals surface area contributed by atoms with Crippen LogP contribution in [0.5, 0.6) is 0 Å². The molecular weight excluding hydrogens is 1880 g/mol. The van der Waals surface area contributed by atoms with Crippen molar-refractivity contribution in [2.75, 3.05) is 138 Å². The maximum atomic E-state index is 10.6. The van der Waals surface area contributed by atoms with E-state index in [1.807, 2.05) is 35.8 Å². The quantitative estimate of drug-likeness (QED) is 0.0139. The van der Waals surface area contributed by atoms with Crippen molar-refractivity contribution in [3.63, 3.8) is 0 Å². The van der Waals surface area contributed by atoms with Crippen LogP contribution in [0.4, 0.5) is 29.1 Å². The van der Waals surface area contributed by atoms with Crippen LogP contribution in [0, 0.1) is 8.60 Å². The van der Waals surface area contributed by atoms with Gasteiger partial charge < -0.3 is 108 Å². The van der Waals surface area contributed by atoms with Crippen LogP contribution in [-0.2, 0) is 23.7 Å². The van der Waals surface area contributed by atoms with Crippen molar-refractivity contribution in [3.05, 3.63) is 45.5 Å². The standard InChI is InChI=1S/C16H26N5O3PS.C15H24N5O3PS.C14H21ClN5O3P.C14H21IN5O3P.C14H22N5O3PS/c1-5-26-16-20-10-13(17)18-8-19-14(10)21(16)15-12(23)11(22)9(24-15)6-7-25(2,3)4;1-24(2,3)6-5-8-10(21)11(22)14(23-8)20-13-9(19-15(20)25-4)12(16)17-7-18-13;2*1-24(2,3)5-4-7-9(21)10(22)13(23-7)20-12-8(19-14(20)15)11(16)17-6-18-12;1-23(2,3)5-4-7-9(20)10(21)13(22-7)19-12-8(18-14(19)24)11(15)16-6-17-12/h8-9,11-12,15,22-23H,2,5-7H2,1,3-4H3,(H2,17,18,19);7-8,10-11,14,21-22H,1,5-6H2,2-4H3,(H2,16,17,18);2*6-7,9-10,13,21-22H,1,4-5H2,2-3H3,(H2,16,17,18);6-7,9-10,13,20-21H,1,4-5H2,2-3H3,(H,18,24)(H2,15,16,17)/t9-,11-,12-,15-;8-,10-,11-,14-;3*7-,9-,10-,13-/m11111/s1. The van der Waals surface area contributed by atoms with Gasteiger partial charge in [0.05, 0.1) is 30.5 Å². The fourth-order valence-corrected chi connectivity index (χ4v) is 21.8. The van der Waals surface area contributed by atoms with Gasteiger partial charge in [-0.2, -0.15) is 0 Å². The molecule has 0 aromatic carbocycles. The number of rotatable bonds is 23. The van der Waals surface area contributed by atoms with E-state index in [-0.39, 0.29) is 34.4 Å². The molecule has 5 aliphatic heterocycles. The van der Waals surface area contributed by atoms with Gasteiger partial charge in [0.25, 0.3) is 0 Å². The van der Waals surface area contributed by atoms with Crippen LogP contribution in [0.3, 0.4) is 0 Å². The molecule has 50 heteroatoms. The molecule has 0 bridgehead atoms. The minimum Gasteiger partial charge on any atom is -0.388 e. The van der Waals surface area contributed by atoms with Crippen LogP contribution in [0.1, 0.15) is 70.2 Å². The number of anilines is 5. The number of ether oxygens (including phenoxy) is 5. The molecule has 123 heavy (non-hydrogen) atoms. The average Bonchev–Trinajstić information content (AvgIpc) is 1.59. The zero-order valence-electron chi connectivity index (χ0n) is 70.4. The monoisotopic (exact) mass is 1990 g/mol. The summed E-state index contributed by atoms with van der Waals surface area (Å²) in [6.07, 6.45) is 20.2. The third-order valence-electron chi connectivity index (χ3n) is 20.9. The number of aromatic amines is 1. The fourth-order valence-electron chi connectivity index (χ4n) is 14.4. The molecule has 40 nitrogen and oxygen atoms in total. The van der Waals surface area contributed by atoms with Crippen molar-refractivity contribution in [2.45, 2.75) is 172 Å². The van der Waals surface area contributed by atoms with E-state index >= 15 is 0 Å². The molecule has 5 saturated heterocycles. The second kappa shape index (κ2) is 39.9. The van der Waals surface area contributed by atoms with Crippen molar-refractivity contribution < 1.29 is 74.7 Å². The van der Waals surface area contributed by atoms with Crippen LogP contribution in [0.2, 0.25) is 5.28 Å². The van der Waals surface area contributed by atoms with Gasteiger partial charge in [-0.1, -0.05) is 30.4 Å². The Morgan fingerprint density at radius 1 is 0.398 bits per heavy atom. The number of H-pyrrole nitrogens is 1. The molecular formula is C73H114ClIN25O15P5S3. The van der Waals surface area contributed by atoms with Gasteiger partial charge in [-0.15, -0.1) is 65.9 Å². The zero-order chi connectivity index (χ0) is 90.4. The maximum Gasteiger partial charge on any atom is 0.207 e. The first-order valence-corrected chi connectivity index (χ1v) is 58.4. The van der Waals surface area contributed by atoms with Gasteiger partial charge in [0.2, 0.25) is 5.28 Å². The number of halogens is 2. The van der Waals surface area contributed by atoms with Crippen molar-refractivity contribution in [1.29, 1.82) is 0 Å². The first-order chi connectivity index (χ1) is 57.5. The summed E-state index contributed by atoms with van der Waals surface area (Å²) < 4.78 is 38.8. The lowest BCUT2D eigenvalue weighted by molar-refractivity contribution is -0.0400. The molecule has 0 unspecified atom stereocenters. The number of nitrogens with one attached hydrogen (secondary N) is 1. The Hall–Kier alpha value is -5.41. The number of thioether (sulfide) groups is 2. The molecule has 5 aliphatic rings. The number of aliphatic hydroxyl groups excluding tert-OH is 10. The number of nitrogens with two attached hydrogens (primary N) is 5. The Labute approximate surface area is 743 Å². The van der Waals surface area contributed by atoms with Gasteiger partial charge in [-0.3, -0.25) is 22.8 Å². The van der Waals surface area contributed by atoms with E-state index in [0.717, 1.165) is 36.6 Å². The number of hydrogen-bond acceptors (Lipinski definition) is 37.